The van der Waals surface area contributed by atoms with Crippen molar-refractivity contribution in [3.63, 3.8) is 0 Å². The normalized spacial score (nSPS) is 14.5. The topological polar surface area (TPSA) is 59.7 Å². The first-order valence-corrected chi connectivity index (χ1v) is 10.5. The van der Waals surface area contributed by atoms with E-state index in [0.717, 1.165) is 40.8 Å². The third-order valence-electron chi connectivity index (χ3n) is 5.03. The van der Waals surface area contributed by atoms with Gasteiger partial charge in [0.1, 0.15) is 5.60 Å². The fraction of sp³-hybridized carbons (Fsp3) is 0.231. The van der Waals surface area contributed by atoms with E-state index in [-0.39, 0.29) is 0 Å². The molecule has 0 aliphatic carbocycles. The fourth-order valence-electron chi connectivity index (χ4n) is 3.54. The maximum Gasteiger partial charge on any atom is 0.145 e. The summed E-state index contributed by atoms with van der Waals surface area (Å²) >= 11 is 0. The van der Waals surface area contributed by atoms with Crippen molar-refractivity contribution in [1.82, 2.24) is 9.97 Å². The van der Waals surface area contributed by atoms with E-state index in [2.05, 4.69) is 45.3 Å². The van der Waals surface area contributed by atoms with Gasteiger partial charge in [0.15, 0.2) is 0 Å². The van der Waals surface area contributed by atoms with E-state index < -0.39 is 5.60 Å². The molecule has 0 aliphatic rings. The third-order valence-corrected chi connectivity index (χ3v) is 5.03. The Balaban J connectivity index is 2.35. The van der Waals surface area contributed by atoms with E-state index in [1.54, 1.807) is 25.7 Å². The van der Waals surface area contributed by atoms with Gasteiger partial charge in [-0.3, -0.25) is 9.97 Å². The van der Waals surface area contributed by atoms with Gasteiger partial charge < -0.3 is 4.74 Å². The maximum atomic E-state index is 6.37. The summed E-state index contributed by atoms with van der Waals surface area (Å²) in [6, 6.07) is 18.1. The molecule has 0 N–H and O–H groups in total. The molecule has 1 unspecified atom stereocenters. The second-order valence-corrected chi connectivity index (χ2v) is 6.94. The molecule has 0 radical (unpaired) electrons. The summed E-state index contributed by atoms with van der Waals surface area (Å²) in [5.74, 6) is 0. The van der Waals surface area contributed by atoms with Crippen molar-refractivity contribution < 1.29 is 4.74 Å². The minimum Gasteiger partial charge on any atom is -0.364 e. The van der Waals surface area contributed by atoms with Crippen LogP contribution in [-0.4, -0.2) is 29.0 Å². The smallest absolute Gasteiger partial charge is 0.145 e. The van der Waals surface area contributed by atoms with Gasteiger partial charge in [-0.25, -0.2) is 0 Å². The molecule has 2 heterocycles. The van der Waals surface area contributed by atoms with Gasteiger partial charge in [-0.2, -0.15) is 10.2 Å². The Bertz CT molecular complexity index is 989. The summed E-state index contributed by atoms with van der Waals surface area (Å²) in [5.41, 5.74) is 3.74. The Hall–Kier alpha value is -3.44. The second-order valence-electron chi connectivity index (χ2n) is 6.94. The van der Waals surface area contributed by atoms with Crippen molar-refractivity contribution in [2.75, 3.05) is 7.11 Å². The number of pyridine rings is 2. The molecule has 31 heavy (non-hydrogen) atoms. The highest BCUT2D eigenvalue weighted by Crippen LogP contribution is 2.44. The molecule has 0 bridgehead atoms. The maximum absolute atomic E-state index is 6.37. The van der Waals surface area contributed by atoms with Crippen LogP contribution in [0.4, 0.5) is 0 Å². The van der Waals surface area contributed by atoms with E-state index in [1.165, 1.54) is 0 Å². The van der Waals surface area contributed by atoms with E-state index in [4.69, 9.17) is 4.74 Å². The summed E-state index contributed by atoms with van der Waals surface area (Å²) in [7, 11) is 1.72. The van der Waals surface area contributed by atoms with Crippen LogP contribution in [0.15, 0.2) is 95.7 Å². The zero-order chi connectivity index (χ0) is 21.9. The van der Waals surface area contributed by atoms with Crippen molar-refractivity contribution in [1.29, 1.82) is 0 Å². The predicted molar refractivity (Wildman–Crippen MR) is 127 cm³/mol. The van der Waals surface area contributed by atoms with Crippen LogP contribution < -0.4 is 0 Å². The zero-order valence-electron chi connectivity index (χ0n) is 18.3. The Morgan fingerprint density at radius 2 is 1.65 bits per heavy atom. The molecule has 3 aromatic rings. The molecule has 1 aromatic carbocycles. The predicted octanol–water partition coefficient (Wildman–Crippen LogP) is 5.70. The van der Waals surface area contributed by atoms with E-state index in [1.807, 2.05) is 61.8 Å². The Morgan fingerprint density at radius 3 is 2.23 bits per heavy atom. The lowest BCUT2D eigenvalue weighted by molar-refractivity contribution is 0.0743. The van der Waals surface area contributed by atoms with Gasteiger partial charge in [0.25, 0.3) is 0 Å². The van der Waals surface area contributed by atoms with Crippen LogP contribution in [0.1, 0.15) is 43.4 Å². The van der Waals surface area contributed by atoms with E-state index in [9.17, 15) is 0 Å². The molecule has 5 heteroatoms. The van der Waals surface area contributed by atoms with Crippen molar-refractivity contribution in [3.8, 4) is 0 Å². The van der Waals surface area contributed by atoms with Gasteiger partial charge >= 0.3 is 0 Å². The van der Waals surface area contributed by atoms with Gasteiger partial charge in [-0.1, -0.05) is 56.3 Å². The number of ether oxygens (including phenoxy) is 1. The van der Waals surface area contributed by atoms with Crippen LogP contribution in [0, 0.1) is 0 Å². The molecule has 0 saturated carbocycles. The van der Waals surface area contributed by atoms with Gasteiger partial charge in [0.2, 0.25) is 0 Å². The molecule has 3 rings (SSSR count). The highest BCUT2D eigenvalue weighted by molar-refractivity contribution is 6.02. The highest BCUT2D eigenvalue weighted by atomic mass is 16.5. The fourth-order valence-corrected chi connectivity index (χ4v) is 3.54. The molecule has 158 valence electrons. The first-order chi connectivity index (χ1) is 15.3. The molecule has 0 amide bonds. The summed E-state index contributed by atoms with van der Waals surface area (Å²) in [6.45, 7) is 4.11. The lowest BCUT2D eigenvalue weighted by Crippen LogP contribution is -2.32. The number of aromatic nitrogens is 2. The highest BCUT2D eigenvalue weighted by Gasteiger charge is 2.39. The molecule has 0 saturated heterocycles. The molecule has 0 fully saturated rings. The number of nitrogens with zero attached hydrogens (tertiary/aromatic N) is 4. The molecular formula is C26H28N4O. The number of hydrogen-bond acceptors (Lipinski definition) is 5. The second kappa shape index (κ2) is 11.1. The standard InChI is InChI=1S/C26H28N4O/c1-4-15-29-30-24(5-2)18-25(21-11-9-16-27-19-21)26(31-3,22-12-7-6-8-13-22)23-14-10-17-28-20-23/h6-20H,4-5H2,1-3H3/b25-18?,29-15+,30-24?. The number of rotatable bonds is 9. The minimum absolute atomic E-state index is 0.729. The Morgan fingerprint density at radius 1 is 0.935 bits per heavy atom. The molecule has 0 spiro atoms. The number of benzene rings is 1. The van der Waals surface area contributed by atoms with E-state index in [0.29, 0.717) is 0 Å². The number of methoxy groups -OCH3 is 1. The first kappa shape index (κ1) is 22.2. The van der Waals surface area contributed by atoms with Crippen molar-refractivity contribution in [2.45, 2.75) is 32.3 Å². The van der Waals surface area contributed by atoms with Crippen molar-refractivity contribution >= 4 is 17.5 Å². The van der Waals surface area contributed by atoms with Crippen molar-refractivity contribution in [2.24, 2.45) is 10.2 Å². The van der Waals surface area contributed by atoms with E-state index >= 15 is 0 Å². The Labute approximate surface area is 184 Å². The minimum atomic E-state index is -0.900. The molecule has 2 aromatic heterocycles. The monoisotopic (exact) mass is 412 g/mol. The van der Waals surface area contributed by atoms with Gasteiger partial charge in [0, 0.05) is 49.2 Å². The molecule has 0 aliphatic heterocycles. The Kier molecular flexibility index (Phi) is 7.96. The quantitative estimate of drug-likeness (QED) is 0.335. The average Bonchev–Trinajstić information content (AvgIpc) is 2.85. The van der Waals surface area contributed by atoms with Crippen LogP contribution in [-0.2, 0) is 10.3 Å². The van der Waals surface area contributed by atoms with Crippen LogP contribution >= 0.6 is 0 Å². The lowest BCUT2D eigenvalue weighted by Gasteiger charge is -2.36. The van der Waals surface area contributed by atoms with Crippen LogP contribution in [0.5, 0.6) is 0 Å². The molecular weight excluding hydrogens is 384 g/mol. The molecule has 5 nitrogen and oxygen atoms in total. The first-order valence-electron chi connectivity index (χ1n) is 10.5. The van der Waals surface area contributed by atoms with Crippen LogP contribution in [0.25, 0.3) is 5.57 Å². The van der Waals surface area contributed by atoms with Crippen LogP contribution in [0.3, 0.4) is 0 Å². The van der Waals surface area contributed by atoms with Gasteiger partial charge in [0.05, 0.1) is 5.71 Å². The van der Waals surface area contributed by atoms with Gasteiger partial charge in [-0.05, 0) is 42.2 Å². The third kappa shape index (κ3) is 5.01. The summed E-state index contributed by atoms with van der Waals surface area (Å²) in [5, 5.41) is 8.66. The van der Waals surface area contributed by atoms with Gasteiger partial charge in [-0.15, -0.1) is 0 Å². The lowest BCUT2D eigenvalue weighted by atomic mass is 9.77. The largest absolute Gasteiger partial charge is 0.364 e. The number of allylic oxidation sites excluding steroid dienone is 1. The van der Waals surface area contributed by atoms with Crippen molar-refractivity contribution in [3.05, 3.63) is 102 Å². The average molecular weight is 413 g/mol. The summed E-state index contributed by atoms with van der Waals surface area (Å²) in [6.07, 6.45) is 12.7. The van der Waals surface area contributed by atoms with Crippen LogP contribution in [0.2, 0.25) is 0 Å². The number of hydrogen-bond donors (Lipinski definition) is 0. The zero-order valence-corrected chi connectivity index (χ0v) is 18.3. The summed E-state index contributed by atoms with van der Waals surface area (Å²) < 4.78 is 6.37. The summed E-state index contributed by atoms with van der Waals surface area (Å²) in [4.78, 5) is 8.75. The SMILES string of the molecule is CC/C=N/N=C(C=C(c1cccnc1)C(OC)(c1ccccc1)c1cccnc1)CC. The molecule has 1 atom stereocenters.